The number of carbonyl (C=O) groups is 3. The van der Waals surface area contributed by atoms with E-state index in [1.165, 1.54) is 6.20 Å². The molecule has 34 heavy (non-hydrogen) atoms. The van der Waals surface area contributed by atoms with Gasteiger partial charge in [-0.2, -0.15) is 0 Å². The summed E-state index contributed by atoms with van der Waals surface area (Å²) in [5, 5.41) is 5.69. The molecule has 1 aliphatic rings. The van der Waals surface area contributed by atoms with Gasteiger partial charge >= 0.3 is 6.09 Å². The van der Waals surface area contributed by atoms with Crippen LogP contribution < -0.4 is 20.3 Å². The van der Waals surface area contributed by atoms with Gasteiger partial charge in [-0.25, -0.2) is 4.79 Å². The third kappa shape index (κ3) is 5.71. The van der Waals surface area contributed by atoms with Crippen molar-refractivity contribution in [1.82, 2.24) is 10.3 Å². The van der Waals surface area contributed by atoms with Crippen molar-refractivity contribution < 1.29 is 23.9 Å². The number of rotatable bonds is 6. The molecule has 1 fully saturated rings. The minimum Gasteiger partial charge on any atom is -0.399 e. The van der Waals surface area contributed by atoms with Crippen LogP contribution >= 0.6 is 22.9 Å². The summed E-state index contributed by atoms with van der Waals surface area (Å²) in [5.41, 5.74) is 2.56. The first-order valence-corrected chi connectivity index (χ1v) is 11.5. The van der Waals surface area contributed by atoms with Gasteiger partial charge in [-0.3, -0.25) is 14.6 Å². The number of nitrogens with one attached hydrogen (secondary N) is 2. The van der Waals surface area contributed by atoms with Gasteiger partial charge in [0.15, 0.2) is 5.06 Å². The molecule has 1 aliphatic heterocycles. The molecule has 0 bridgehead atoms. The van der Waals surface area contributed by atoms with Gasteiger partial charge in [0, 0.05) is 35.9 Å². The number of anilines is 2. The van der Waals surface area contributed by atoms with Gasteiger partial charge in [-0.05, 0) is 48.9 Å². The Morgan fingerprint density at radius 1 is 1.26 bits per heavy atom. The van der Waals surface area contributed by atoms with Gasteiger partial charge in [0.1, 0.15) is 12.6 Å². The molecule has 2 aromatic heterocycles. The highest BCUT2D eigenvalue weighted by atomic mass is 35.5. The molecule has 9 nitrogen and oxygen atoms in total. The summed E-state index contributed by atoms with van der Waals surface area (Å²) in [7, 11) is 0. The average Bonchev–Trinajstić information content (AvgIpc) is 3.23. The fourth-order valence-electron chi connectivity index (χ4n) is 3.46. The molecule has 1 saturated heterocycles. The summed E-state index contributed by atoms with van der Waals surface area (Å²) in [6, 6.07) is 10.7. The van der Waals surface area contributed by atoms with Crippen LogP contribution in [0.2, 0.25) is 4.34 Å². The maximum Gasteiger partial charge on any atom is 0.414 e. The molecule has 3 aromatic rings. The number of thiophene rings is 1. The van der Waals surface area contributed by atoms with E-state index in [4.69, 9.17) is 21.1 Å². The fourth-order valence-corrected chi connectivity index (χ4v) is 4.33. The summed E-state index contributed by atoms with van der Waals surface area (Å²) in [5.74, 6) is -0.596. The lowest BCUT2D eigenvalue weighted by atomic mass is 10.1. The standard InChI is InChI=1S/C23H21ClN4O5S/c1-14-11-16(4-5-17(14)28-9-10-32-13-19(28)29)26-22(30)21(15-3-2-8-25-12-15)27-23(31)33-20-7-6-18(24)34-20/h2-8,11-12,21H,9-10,13H2,1H3,(H,26,30)(H,27,31). The van der Waals surface area contributed by atoms with E-state index in [-0.39, 0.29) is 12.5 Å². The zero-order chi connectivity index (χ0) is 24.1. The molecule has 11 heteroatoms. The molecule has 0 radical (unpaired) electrons. The number of carbonyl (C=O) groups excluding carboxylic acids is 3. The number of nitrogens with zero attached hydrogens (tertiary/aromatic N) is 2. The van der Waals surface area contributed by atoms with Crippen molar-refractivity contribution >= 4 is 52.2 Å². The number of hydrogen-bond acceptors (Lipinski definition) is 7. The lowest BCUT2D eigenvalue weighted by molar-refractivity contribution is -0.125. The molecule has 1 aromatic carbocycles. The molecule has 4 rings (SSSR count). The highest BCUT2D eigenvalue weighted by Gasteiger charge is 2.26. The summed E-state index contributed by atoms with van der Waals surface area (Å²) in [4.78, 5) is 43.5. The Bertz CT molecular complexity index is 1200. The smallest absolute Gasteiger partial charge is 0.399 e. The second-order valence-corrected chi connectivity index (χ2v) is 9.08. The topological polar surface area (TPSA) is 110 Å². The second-order valence-electron chi connectivity index (χ2n) is 7.40. The van der Waals surface area contributed by atoms with Crippen LogP contribution in [0.4, 0.5) is 16.2 Å². The van der Waals surface area contributed by atoms with Crippen LogP contribution in [0.1, 0.15) is 17.2 Å². The monoisotopic (exact) mass is 500 g/mol. The largest absolute Gasteiger partial charge is 0.414 e. The summed E-state index contributed by atoms with van der Waals surface area (Å²) in [6.07, 6.45) is 2.25. The lowest BCUT2D eigenvalue weighted by Gasteiger charge is -2.28. The Morgan fingerprint density at radius 2 is 2.12 bits per heavy atom. The van der Waals surface area contributed by atoms with Crippen LogP contribution in [0, 0.1) is 6.92 Å². The van der Waals surface area contributed by atoms with E-state index >= 15 is 0 Å². The maximum atomic E-state index is 13.1. The van der Waals surface area contributed by atoms with Crippen molar-refractivity contribution in [2.75, 3.05) is 30.0 Å². The molecule has 176 valence electrons. The van der Waals surface area contributed by atoms with Crippen LogP contribution in [-0.2, 0) is 14.3 Å². The van der Waals surface area contributed by atoms with Gasteiger partial charge in [-0.15, -0.1) is 0 Å². The van der Waals surface area contributed by atoms with Gasteiger partial charge < -0.3 is 25.0 Å². The minimum atomic E-state index is -1.06. The Labute approximate surface area is 204 Å². The molecular formula is C23H21ClN4O5S. The summed E-state index contributed by atoms with van der Waals surface area (Å²) in [6.45, 7) is 2.84. The zero-order valence-corrected chi connectivity index (χ0v) is 19.7. The molecule has 0 saturated carbocycles. The highest BCUT2D eigenvalue weighted by molar-refractivity contribution is 7.17. The fraction of sp³-hybridized carbons (Fsp3) is 0.217. The lowest BCUT2D eigenvalue weighted by Crippen LogP contribution is -2.42. The zero-order valence-electron chi connectivity index (χ0n) is 18.1. The number of benzene rings is 1. The minimum absolute atomic E-state index is 0.0458. The van der Waals surface area contributed by atoms with Crippen molar-refractivity contribution in [2.45, 2.75) is 13.0 Å². The molecule has 0 spiro atoms. The summed E-state index contributed by atoms with van der Waals surface area (Å²) < 4.78 is 10.9. The van der Waals surface area contributed by atoms with Gasteiger partial charge in [-0.1, -0.05) is 29.0 Å². The van der Waals surface area contributed by atoms with E-state index in [0.717, 1.165) is 22.6 Å². The third-order valence-corrected chi connectivity index (χ3v) is 6.13. The van der Waals surface area contributed by atoms with Crippen molar-refractivity contribution in [2.24, 2.45) is 0 Å². The molecule has 0 aliphatic carbocycles. The number of ether oxygens (including phenoxy) is 2. The molecule has 3 heterocycles. The normalized spacial score (nSPS) is 14.4. The van der Waals surface area contributed by atoms with E-state index in [0.29, 0.717) is 33.8 Å². The first-order chi connectivity index (χ1) is 16.4. The second kappa shape index (κ2) is 10.6. The summed E-state index contributed by atoms with van der Waals surface area (Å²) >= 11 is 6.97. The van der Waals surface area contributed by atoms with Gasteiger partial charge in [0.2, 0.25) is 0 Å². The number of amides is 3. The van der Waals surface area contributed by atoms with Crippen molar-refractivity contribution in [3.05, 3.63) is 70.3 Å². The quantitative estimate of drug-likeness (QED) is 0.530. The first kappa shape index (κ1) is 23.7. The van der Waals surface area contributed by atoms with Crippen LogP contribution in [0.5, 0.6) is 5.06 Å². The van der Waals surface area contributed by atoms with E-state index in [2.05, 4.69) is 15.6 Å². The maximum absolute atomic E-state index is 13.1. The van der Waals surface area contributed by atoms with E-state index in [1.807, 2.05) is 6.92 Å². The highest BCUT2D eigenvalue weighted by Crippen LogP contribution is 2.29. The number of morpholine rings is 1. The predicted octanol–water partition coefficient (Wildman–Crippen LogP) is 3.94. The van der Waals surface area contributed by atoms with Crippen LogP contribution in [0.15, 0.2) is 54.9 Å². The van der Waals surface area contributed by atoms with Crippen molar-refractivity contribution in [1.29, 1.82) is 0 Å². The Morgan fingerprint density at radius 3 is 2.79 bits per heavy atom. The number of hydrogen-bond donors (Lipinski definition) is 2. The molecule has 3 amide bonds. The molecule has 2 N–H and O–H groups in total. The van der Waals surface area contributed by atoms with Crippen LogP contribution in [-0.4, -0.2) is 42.7 Å². The molecular weight excluding hydrogens is 480 g/mol. The third-order valence-electron chi connectivity index (χ3n) is 5.02. The van der Waals surface area contributed by atoms with Crippen LogP contribution in [0.3, 0.4) is 0 Å². The van der Waals surface area contributed by atoms with Crippen molar-refractivity contribution in [3.8, 4) is 5.06 Å². The van der Waals surface area contributed by atoms with Crippen LogP contribution in [0.25, 0.3) is 0 Å². The molecule has 1 atom stereocenters. The van der Waals surface area contributed by atoms with Gasteiger partial charge in [0.25, 0.3) is 11.8 Å². The Hall–Kier alpha value is -3.47. The molecule has 1 unspecified atom stereocenters. The average molecular weight is 501 g/mol. The van der Waals surface area contributed by atoms with E-state index in [9.17, 15) is 14.4 Å². The number of aromatic nitrogens is 1. The number of pyridine rings is 1. The predicted molar refractivity (Wildman–Crippen MR) is 128 cm³/mol. The van der Waals surface area contributed by atoms with Gasteiger partial charge in [0.05, 0.1) is 10.9 Å². The van der Waals surface area contributed by atoms with E-state index < -0.39 is 18.0 Å². The SMILES string of the molecule is Cc1cc(NC(=O)C(NC(=O)Oc2ccc(Cl)s2)c2cccnc2)ccc1N1CCOCC1=O. The number of aryl methyl sites for hydroxylation is 1. The Balaban J connectivity index is 1.49. The van der Waals surface area contributed by atoms with E-state index in [1.54, 1.807) is 53.6 Å². The number of halogens is 1. The Kier molecular flexibility index (Phi) is 7.41. The first-order valence-electron chi connectivity index (χ1n) is 10.3. The van der Waals surface area contributed by atoms with Crippen molar-refractivity contribution in [3.63, 3.8) is 0 Å².